The van der Waals surface area contributed by atoms with Crippen LogP contribution in [-0.4, -0.2) is 19.6 Å². The van der Waals surface area contributed by atoms with Gasteiger partial charge in [0.05, 0.1) is 0 Å². The number of hydrogen-bond donors (Lipinski definition) is 1. The predicted molar refractivity (Wildman–Crippen MR) is 70.9 cm³/mol. The summed E-state index contributed by atoms with van der Waals surface area (Å²) in [5.41, 5.74) is 8.22. The Bertz CT molecular complexity index is 369. The lowest BCUT2D eigenvalue weighted by Crippen LogP contribution is -2.34. The van der Waals surface area contributed by atoms with Crippen molar-refractivity contribution in [1.82, 2.24) is 0 Å². The van der Waals surface area contributed by atoms with Crippen molar-refractivity contribution in [3.63, 3.8) is 0 Å². The van der Waals surface area contributed by atoms with Crippen LogP contribution in [0.2, 0.25) is 0 Å². The number of anilines is 1. The molecule has 0 spiro atoms. The highest BCUT2D eigenvalue weighted by Crippen LogP contribution is 2.13. The lowest BCUT2D eigenvalue weighted by atomic mass is 10.2. The lowest BCUT2D eigenvalue weighted by molar-refractivity contribution is 0.664. The molecule has 0 heterocycles. The van der Waals surface area contributed by atoms with Crippen molar-refractivity contribution >= 4 is 11.6 Å². The van der Waals surface area contributed by atoms with Gasteiger partial charge in [0.1, 0.15) is 0 Å². The smallest absolute Gasteiger partial charge is 0.195 e. The van der Waals surface area contributed by atoms with Crippen LogP contribution in [0.1, 0.15) is 19.4 Å². The number of guanidine groups is 1. The molecule has 0 atom stereocenters. The van der Waals surface area contributed by atoms with Crippen molar-refractivity contribution in [3.8, 4) is 0 Å². The van der Waals surface area contributed by atoms with Gasteiger partial charge in [0.15, 0.2) is 5.96 Å². The Balaban J connectivity index is 2.77. The summed E-state index contributed by atoms with van der Waals surface area (Å²) in [7, 11) is 1.94. The second kappa shape index (κ2) is 5.54. The normalized spacial score (nSPS) is 11.9. The number of nitrogens with two attached hydrogens (primary N) is 1. The molecule has 0 amide bonds. The SMILES string of the molecule is Cc1cccc(N(C)C(N)=NCC(C)C)c1. The zero-order valence-corrected chi connectivity index (χ0v) is 10.6. The Labute approximate surface area is 98.0 Å². The number of benzene rings is 1. The van der Waals surface area contributed by atoms with E-state index in [-0.39, 0.29) is 0 Å². The summed E-state index contributed by atoms with van der Waals surface area (Å²) in [4.78, 5) is 6.26. The first-order valence-electron chi connectivity index (χ1n) is 5.61. The standard InChI is InChI=1S/C13H21N3/c1-10(2)9-15-13(14)16(4)12-7-5-6-11(3)8-12/h5-8,10H,9H2,1-4H3,(H2,14,15). The van der Waals surface area contributed by atoms with Crippen molar-refractivity contribution in [2.75, 3.05) is 18.5 Å². The monoisotopic (exact) mass is 219 g/mol. The minimum absolute atomic E-state index is 0.532. The second-order valence-corrected chi connectivity index (χ2v) is 4.49. The predicted octanol–water partition coefficient (Wildman–Crippen LogP) is 2.40. The molecular weight excluding hydrogens is 198 g/mol. The highest BCUT2D eigenvalue weighted by atomic mass is 15.2. The van der Waals surface area contributed by atoms with E-state index in [1.165, 1.54) is 5.56 Å². The Morgan fingerprint density at radius 3 is 2.69 bits per heavy atom. The molecule has 0 radical (unpaired) electrons. The zero-order valence-electron chi connectivity index (χ0n) is 10.6. The van der Waals surface area contributed by atoms with E-state index >= 15 is 0 Å². The van der Waals surface area contributed by atoms with Crippen LogP contribution < -0.4 is 10.6 Å². The van der Waals surface area contributed by atoms with Gasteiger partial charge in [-0.3, -0.25) is 4.99 Å². The van der Waals surface area contributed by atoms with Crippen LogP contribution in [0.3, 0.4) is 0 Å². The quantitative estimate of drug-likeness (QED) is 0.626. The molecule has 3 nitrogen and oxygen atoms in total. The summed E-state index contributed by atoms with van der Waals surface area (Å²) in [6.45, 7) is 7.09. The summed E-state index contributed by atoms with van der Waals surface area (Å²) in [5, 5.41) is 0. The molecule has 0 aromatic heterocycles. The Hall–Kier alpha value is -1.51. The maximum atomic E-state index is 5.92. The lowest BCUT2D eigenvalue weighted by Gasteiger charge is -2.19. The van der Waals surface area contributed by atoms with Crippen LogP contribution in [0.5, 0.6) is 0 Å². The molecule has 0 saturated heterocycles. The molecule has 2 N–H and O–H groups in total. The number of hydrogen-bond acceptors (Lipinski definition) is 1. The summed E-state index contributed by atoms with van der Waals surface area (Å²) < 4.78 is 0. The van der Waals surface area contributed by atoms with Crippen molar-refractivity contribution < 1.29 is 0 Å². The first-order chi connectivity index (χ1) is 7.50. The molecule has 0 saturated carbocycles. The van der Waals surface area contributed by atoms with Gasteiger partial charge in [0.25, 0.3) is 0 Å². The van der Waals surface area contributed by atoms with Crippen LogP contribution in [0.15, 0.2) is 29.3 Å². The van der Waals surface area contributed by atoms with E-state index in [1.807, 2.05) is 24.1 Å². The van der Waals surface area contributed by atoms with Gasteiger partial charge in [0.2, 0.25) is 0 Å². The zero-order chi connectivity index (χ0) is 12.1. The summed E-state index contributed by atoms with van der Waals surface area (Å²) >= 11 is 0. The number of aliphatic imine (C=N–C) groups is 1. The number of rotatable bonds is 3. The fourth-order valence-electron chi connectivity index (χ4n) is 1.35. The van der Waals surface area contributed by atoms with E-state index in [0.29, 0.717) is 11.9 Å². The van der Waals surface area contributed by atoms with Crippen LogP contribution in [-0.2, 0) is 0 Å². The van der Waals surface area contributed by atoms with Gasteiger partial charge >= 0.3 is 0 Å². The van der Waals surface area contributed by atoms with Crippen LogP contribution in [0, 0.1) is 12.8 Å². The third kappa shape index (κ3) is 3.57. The van der Waals surface area contributed by atoms with Gasteiger partial charge in [-0.2, -0.15) is 0 Å². The fraction of sp³-hybridized carbons (Fsp3) is 0.462. The average molecular weight is 219 g/mol. The molecular formula is C13H21N3. The van der Waals surface area contributed by atoms with E-state index < -0.39 is 0 Å². The average Bonchev–Trinajstić information content (AvgIpc) is 2.24. The minimum atomic E-state index is 0.532. The molecule has 0 aliphatic carbocycles. The van der Waals surface area contributed by atoms with Gasteiger partial charge in [-0.05, 0) is 30.5 Å². The van der Waals surface area contributed by atoms with E-state index in [2.05, 4.69) is 37.9 Å². The Morgan fingerprint density at radius 1 is 1.44 bits per heavy atom. The minimum Gasteiger partial charge on any atom is -0.370 e. The van der Waals surface area contributed by atoms with Gasteiger partial charge in [-0.1, -0.05) is 26.0 Å². The molecule has 88 valence electrons. The van der Waals surface area contributed by atoms with E-state index in [4.69, 9.17) is 5.73 Å². The highest BCUT2D eigenvalue weighted by Gasteiger charge is 2.04. The molecule has 0 fully saturated rings. The molecule has 16 heavy (non-hydrogen) atoms. The van der Waals surface area contributed by atoms with Gasteiger partial charge in [-0.25, -0.2) is 0 Å². The maximum Gasteiger partial charge on any atom is 0.195 e. The first-order valence-corrected chi connectivity index (χ1v) is 5.61. The molecule has 0 unspecified atom stereocenters. The molecule has 3 heteroatoms. The Kier molecular flexibility index (Phi) is 4.35. The number of aryl methyl sites for hydroxylation is 1. The van der Waals surface area contributed by atoms with Gasteiger partial charge in [0, 0.05) is 19.3 Å². The van der Waals surface area contributed by atoms with Crippen molar-refractivity contribution in [1.29, 1.82) is 0 Å². The van der Waals surface area contributed by atoms with Crippen LogP contribution in [0.4, 0.5) is 5.69 Å². The molecule has 1 aromatic rings. The largest absolute Gasteiger partial charge is 0.370 e. The molecule has 1 aromatic carbocycles. The van der Waals surface area contributed by atoms with Crippen LogP contribution in [0.25, 0.3) is 0 Å². The highest BCUT2D eigenvalue weighted by molar-refractivity contribution is 5.94. The fourth-order valence-corrected chi connectivity index (χ4v) is 1.35. The summed E-state index contributed by atoms with van der Waals surface area (Å²) in [6, 6.07) is 8.22. The molecule has 0 aliphatic heterocycles. The summed E-state index contributed by atoms with van der Waals surface area (Å²) in [5.74, 6) is 1.10. The van der Waals surface area contributed by atoms with Crippen LogP contribution >= 0.6 is 0 Å². The van der Waals surface area contributed by atoms with Gasteiger partial charge < -0.3 is 10.6 Å². The topological polar surface area (TPSA) is 41.6 Å². The maximum absolute atomic E-state index is 5.92. The number of nitrogens with zero attached hydrogens (tertiary/aromatic N) is 2. The first kappa shape index (κ1) is 12.6. The second-order valence-electron chi connectivity index (χ2n) is 4.49. The molecule has 0 bridgehead atoms. The van der Waals surface area contributed by atoms with E-state index in [0.717, 1.165) is 12.2 Å². The third-order valence-corrected chi connectivity index (χ3v) is 2.35. The summed E-state index contributed by atoms with van der Waals surface area (Å²) in [6.07, 6.45) is 0. The van der Waals surface area contributed by atoms with Crippen molar-refractivity contribution in [2.24, 2.45) is 16.6 Å². The third-order valence-electron chi connectivity index (χ3n) is 2.35. The van der Waals surface area contributed by atoms with Crippen molar-refractivity contribution in [2.45, 2.75) is 20.8 Å². The van der Waals surface area contributed by atoms with Crippen molar-refractivity contribution in [3.05, 3.63) is 29.8 Å². The van der Waals surface area contributed by atoms with Gasteiger partial charge in [-0.15, -0.1) is 0 Å². The molecule has 0 aliphatic rings. The van der Waals surface area contributed by atoms with E-state index in [1.54, 1.807) is 0 Å². The Morgan fingerprint density at radius 2 is 2.12 bits per heavy atom. The molecule has 1 rings (SSSR count). The van der Waals surface area contributed by atoms with E-state index in [9.17, 15) is 0 Å².